The van der Waals surface area contributed by atoms with Gasteiger partial charge in [-0.15, -0.1) is 0 Å². The zero-order valence-corrected chi connectivity index (χ0v) is 12.1. The molecule has 0 bridgehead atoms. The third-order valence-corrected chi connectivity index (χ3v) is 3.27. The van der Waals surface area contributed by atoms with Crippen molar-refractivity contribution in [1.29, 1.82) is 0 Å². The van der Waals surface area contributed by atoms with Crippen LogP contribution in [-0.4, -0.2) is 38.4 Å². The van der Waals surface area contributed by atoms with Gasteiger partial charge in [-0.25, -0.2) is 0 Å². The van der Waals surface area contributed by atoms with Crippen molar-refractivity contribution in [2.75, 3.05) is 32.2 Å². The topological polar surface area (TPSA) is 71.1 Å². The molecule has 1 rings (SSSR count). The average molecular weight is 316 g/mol. The molecule has 1 aromatic carbocycles. The standard InChI is InChI=1S/C12H18BrN3O2/c1-16(7-4-8-18-2)10-6-3-5-9(13)11(10)12(14)15-17/h3,5-6,17H,4,7-8H2,1-2H3,(H2,14,15). The number of nitrogens with two attached hydrogens (primary N) is 1. The Kier molecular flexibility index (Phi) is 5.94. The van der Waals surface area contributed by atoms with Crippen molar-refractivity contribution in [2.24, 2.45) is 10.9 Å². The molecule has 5 nitrogen and oxygen atoms in total. The molecule has 0 spiro atoms. The third-order valence-electron chi connectivity index (χ3n) is 2.61. The maximum absolute atomic E-state index is 8.84. The predicted octanol–water partition coefficient (Wildman–Crippen LogP) is 2.02. The lowest BCUT2D eigenvalue weighted by atomic mass is 10.1. The number of hydrogen-bond acceptors (Lipinski definition) is 4. The molecule has 0 aliphatic rings. The lowest BCUT2D eigenvalue weighted by Gasteiger charge is -2.22. The Morgan fingerprint density at radius 3 is 2.89 bits per heavy atom. The molecule has 0 aromatic heterocycles. The van der Waals surface area contributed by atoms with Crippen LogP contribution in [0.3, 0.4) is 0 Å². The second-order valence-corrected chi connectivity index (χ2v) is 4.74. The number of oxime groups is 1. The van der Waals surface area contributed by atoms with E-state index in [4.69, 9.17) is 15.7 Å². The molecule has 0 aliphatic carbocycles. The Labute approximate surface area is 115 Å². The minimum absolute atomic E-state index is 0.0936. The van der Waals surface area contributed by atoms with E-state index in [1.807, 2.05) is 25.2 Å². The molecule has 0 fully saturated rings. The molecule has 0 radical (unpaired) electrons. The van der Waals surface area contributed by atoms with E-state index in [2.05, 4.69) is 26.0 Å². The number of anilines is 1. The molecule has 3 N–H and O–H groups in total. The molecular formula is C12H18BrN3O2. The summed E-state index contributed by atoms with van der Waals surface area (Å²) in [4.78, 5) is 2.05. The van der Waals surface area contributed by atoms with Crippen LogP contribution in [0.5, 0.6) is 0 Å². The quantitative estimate of drug-likeness (QED) is 0.277. The van der Waals surface area contributed by atoms with E-state index in [9.17, 15) is 0 Å². The molecule has 0 unspecified atom stereocenters. The number of ether oxygens (including phenoxy) is 1. The lowest BCUT2D eigenvalue weighted by molar-refractivity contribution is 0.196. The molecule has 0 saturated carbocycles. The zero-order chi connectivity index (χ0) is 13.5. The first-order chi connectivity index (χ1) is 8.61. The van der Waals surface area contributed by atoms with Gasteiger partial charge in [-0.2, -0.15) is 0 Å². The van der Waals surface area contributed by atoms with Crippen LogP contribution in [0, 0.1) is 0 Å². The van der Waals surface area contributed by atoms with Gasteiger partial charge in [-0.05, 0) is 34.5 Å². The molecule has 0 heterocycles. The summed E-state index contributed by atoms with van der Waals surface area (Å²) >= 11 is 3.42. The Bertz CT molecular complexity index is 424. The third kappa shape index (κ3) is 3.61. The first kappa shape index (κ1) is 14.8. The normalized spacial score (nSPS) is 11.6. The van der Waals surface area contributed by atoms with Gasteiger partial charge in [0.05, 0.1) is 5.56 Å². The Hall–Kier alpha value is -1.27. The first-order valence-corrected chi connectivity index (χ1v) is 6.37. The second kappa shape index (κ2) is 7.23. The van der Waals surface area contributed by atoms with Gasteiger partial charge in [0.2, 0.25) is 0 Å². The largest absolute Gasteiger partial charge is 0.409 e. The number of methoxy groups -OCH3 is 1. The molecule has 0 amide bonds. The van der Waals surface area contributed by atoms with E-state index in [1.165, 1.54) is 0 Å². The highest BCUT2D eigenvalue weighted by Crippen LogP contribution is 2.27. The monoisotopic (exact) mass is 315 g/mol. The zero-order valence-electron chi connectivity index (χ0n) is 10.6. The first-order valence-electron chi connectivity index (χ1n) is 5.58. The van der Waals surface area contributed by atoms with Crippen molar-refractivity contribution in [1.82, 2.24) is 0 Å². The van der Waals surface area contributed by atoms with Gasteiger partial charge < -0.3 is 20.6 Å². The van der Waals surface area contributed by atoms with Crippen molar-refractivity contribution in [3.63, 3.8) is 0 Å². The number of halogens is 1. The van der Waals surface area contributed by atoms with E-state index in [-0.39, 0.29) is 5.84 Å². The van der Waals surface area contributed by atoms with Crippen LogP contribution < -0.4 is 10.6 Å². The van der Waals surface area contributed by atoms with Crippen LogP contribution in [-0.2, 0) is 4.74 Å². The van der Waals surface area contributed by atoms with Crippen molar-refractivity contribution >= 4 is 27.5 Å². The van der Waals surface area contributed by atoms with Crippen LogP contribution in [0.2, 0.25) is 0 Å². The maximum atomic E-state index is 8.84. The molecule has 0 atom stereocenters. The number of rotatable bonds is 6. The Balaban J connectivity index is 2.97. The Morgan fingerprint density at radius 2 is 2.28 bits per heavy atom. The van der Waals surface area contributed by atoms with Gasteiger partial charge in [-0.1, -0.05) is 11.2 Å². The lowest BCUT2D eigenvalue weighted by Crippen LogP contribution is -2.24. The fraction of sp³-hybridized carbons (Fsp3) is 0.417. The number of amidine groups is 1. The van der Waals surface area contributed by atoms with E-state index >= 15 is 0 Å². The van der Waals surface area contributed by atoms with Crippen LogP contribution in [0.15, 0.2) is 27.8 Å². The van der Waals surface area contributed by atoms with Gasteiger partial charge in [0, 0.05) is 37.5 Å². The van der Waals surface area contributed by atoms with Crippen LogP contribution in [0.25, 0.3) is 0 Å². The summed E-state index contributed by atoms with van der Waals surface area (Å²) in [6, 6.07) is 5.71. The van der Waals surface area contributed by atoms with E-state index in [0.717, 1.165) is 23.1 Å². The highest BCUT2D eigenvalue weighted by atomic mass is 79.9. The molecule has 100 valence electrons. The minimum Gasteiger partial charge on any atom is -0.409 e. The molecule has 1 aromatic rings. The summed E-state index contributed by atoms with van der Waals surface area (Å²) in [7, 11) is 3.65. The summed E-state index contributed by atoms with van der Waals surface area (Å²) in [6.07, 6.45) is 0.912. The molecular weight excluding hydrogens is 298 g/mol. The second-order valence-electron chi connectivity index (χ2n) is 3.89. The number of hydrogen-bond donors (Lipinski definition) is 2. The van der Waals surface area contributed by atoms with E-state index in [1.54, 1.807) is 7.11 Å². The van der Waals surface area contributed by atoms with E-state index < -0.39 is 0 Å². The summed E-state index contributed by atoms with van der Waals surface area (Å²) in [5.74, 6) is 0.0936. The van der Waals surface area contributed by atoms with Crippen LogP contribution in [0.4, 0.5) is 5.69 Å². The van der Waals surface area contributed by atoms with Gasteiger partial charge in [-0.3, -0.25) is 0 Å². The summed E-state index contributed by atoms with van der Waals surface area (Å²) in [5, 5.41) is 11.9. The number of nitrogens with zero attached hydrogens (tertiary/aromatic N) is 2. The van der Waals surface area contributed by atoms with Gasteiger partial charge >= 0.3 is 0 Å². The number of benzene rings is 1. The van der Waals surface area contributed by atoms with Gasteiger partial charge in [0.25, 0.3) is 0 Å². The van der Waals surface area contributed by atoms with Crippen molar-refractivity contribution in [3.05, 3.63) is 28.2 Å². The molecule has 6 heteroatoms. The van der Waals surface area contributed by atoms with Crippen LogP contribution in [0.1, 0.15) is 12.0 Å². The minimum atomic E-state index is 0.0936. The maximum Gasteiger partial charge on any atom is 0.173 e. The van der Waals surface area contributed by atoms with Crippen LogP contribution >= 0.6 is 15.9 Å². The summed E-state index contributed by atoms with van der Waals surface area (Å²) < 4.78 is 5.83. The SMILES string of the molecule is COCCCN(C)c1cccc(Br)c1/C(N)=N/O. The van der Waals surface area contributed by atoms with Crippen molar-refractivity contribution in [3.8, 4) is 0 Å². The van der Waals surface area contributed by atoms with Crippen molar-refractivity contribution in [2.45, 2.75) is 6.42 Å². The highest BCUT2D eigenvalue weighted by Gasteiger charge is 2.14. The summed E-state index contributed by atoms with van der Waals surface area (Å²) in [6.45, 7) is 1.53. The fourth-order valence-electron chi connectivity index (χ4n) is 1.70. The van der Waals surface area contributed by atoms with E-state index in [0.29, 0.717) is 12.2 Å². The van der Waals surface area contributed by atoms with Gasteiger partial charge in [0.15, 0.2) is 5.84 Å². The molecule has 0 aliphatic heterocycles. The highest BCUT2D eigenvalue weighted by molar-refractivity contribution is 9.10. The summed E-state index contributed by atoms with van der Waals surface area (Å²) in [5.41, 5.74) is 7.31. The van der Waals surface area contributed by atoms with Crippen molar-refractivity contribution < 1.29 is 9.94 Å². The smallest absolute Gasteiger partial charge is 0.173 e. The Morgan fingerprint density at radius 1 is 1.56 bits per heavy atom. The molecule has 18 heavy (non-hydrogen) atoms. The fourth-order valence-corrected chi connectivity index (χ4v) is 2.26. The molecule has 0 saturated heterocycles. The average Bonchev–Trinajstić information content (AvgIpc) is 2.37. The predicted molar refractivity (Wildman–Crippen MR) is 76.4 cm³/mol. The van der Waals surface area contributed by atoms with Gasteiger partial charge in [0.1, 0.15) is 0 Å².